The first-order chi connectivity index (χ1) is 14.4. The summed E-state index contributed by atoms with van der Waals surface area (Å²) in [5.74, 6) is -1.28. The van der Waals surface area contributed by atoms with Crippen LogP contribution in [0.15, 0.2) is 82.6 Å². The smallest absolute Gasteiger partial charge is 0.268 e. The number of imide groups is 1. The maximum atomic E-state index is 13.4. The Morgan fingerprint density at radius 2 is 1.50 bits per heavy atom. The van der Waals surface area contributed by atoms with Gasteiger partial charge < -0.3 is 0 Å². The predicted octanol–water partition coefficient (Wildman–Crippen LogP) is 6.20. The van der Waals surface area contributed by atoms with Crippen LogP contribution in [0, 0.1) is 5.82 Å². The molecule has 1 heterocycles. The monoisotopic (exact) mass is 457 g/mol. The van der Waals surface area contributed by atoms with E-state index in [0.717, 1.165) is 9.80 Å². The highest BCUT2D eigenvalue weighted by atomic mass is 35.5. The molecular formula is C23H14Cl2FNO2S. The number of carbonyl (C=O) groups is 2. The lowest BCUT2D eigenvalue weighted by molar-refractivity contribution is -0.137. The number of hydrogen-bond acceptors (Lipinski definition) is 3. The molecule has 0 unspecified atom stereocenters. The highest BCUT2D eigenvalue weighted by molar-refractivity contribution is 8.04. The topological polar surface area (TPSA) is 37.4 Å². The molecule has 0 spiro atoms. The molecule has 4 rings (SSSR count). The van der Waals surface area contributed by atoms with Gasteiger partial charge in [0.25, 0.3) is 11.8 Å². The molecule has 7 heteroatoms. The first kappa shape index (κ1) is 20.7. The largest absolute Gasteiger partial charge is 0.269 e. The molecule has 0 saturated heterocycles. The maximum absolute atomic E-state index is 13.4. The molecule has 0 saturated carbocycles. The zero-order valence-corrected chi connectivity index (χ0v) is 17.8. The van der Waals surface area contributed by atoms with Crippen molar-refractivity contribution in [2.45, 2.75) is 11.4 Å². The predicted molar refractivity (Wildman–Crippen MR) is 118 cm³/mol. The van der Waals surface area contributed by atoms with Gasteiger partial charge >= 0.3 is 0 Å². The zero-order chi connectivity index (χ0) is 21.3. The average molecular weight is 458 g/mol. The Labute approximate surface area is 187 Å². The van der Waals surface area contributed by atoms with Gasteiger partial charge in [-0.05, 0) is 53.6 Å². The minimum absolute atomic E-state index is 0.0483. The van der Waals surface area contributed by atoms with Gasteiger partial charge in [0.05, 0.1) is 17.0 Å². The van der Waals surface area contributed by atoms with Gasteiger partial charge in [-0.2, -0.15) is 0 Å². The number of rotatable bonds is 5. The summed E-state index contributed by atoms with van der Waals surface area (Å²) in [4.78, 5) is 28.7. The first-order valence-electron chi connectivity index (χ1n) is 8.97. The Hall–Kier alpha value is -2.60. The standard InChI is InChI=1S/C23H14Cl2FNO2S/c24-16-7-11-18(12-8-16)30-21-20(14-5-9-17(26)10-6-14)22(28)27(23(21)29)13-15-3-1-2-4-19(15)25/h1-12H,13H2. The van der Waals surface area contributed by atoms with E-state index in [2.05, 4.69) is 0 Å². The molecular weight excluding hydrogens is 444 g/mol. The van der Waals surface area contributed by atoms with Crippen molar-refractivity contribution < 1.29 is 14.0 Å². The van der Waals surface area contributed by atoms with Crippen LogP contribution in [0.1, 0.15) is 11.1 Å². The van der Waals surface area contributed by atoms with Crippen LogP contribution in [0.5, 0.6) is 0 Å². The molecule has 3 nitrogen and oxygen atoms in total. The number of amides is 2. The van der Waals surface area contributed by atoms with Crippen molar-refractivity contribution in [2.24, 2.45) is 0 Å². The van der Waals surface area contributed by atoms with E-state index in [1.807, 2.05) is 0 Å². The van der Waals surface area contributed by atoms with E-state index in [4.69, 9.17) is 23.2 Å². The normalized spacial score (nSPS) is 14.0. The van der Waals surface area contributed by atoms with Gasteiger partial charge in [-0.3, -0.25) is 14.5 Å². The molecule has 0 N–H and O–H groups in total. The molecule has 1 aliphatic heterocycles. The molecule has 0 atom stereocenters. The van der Waals surface area contributed by atoms with Crippen LogP contribution in [-0.2, 0) is 16.1 Å². The fraction of sp³-hybridized carbons (Fsp3) is 0.0435. The van der Waals surface area contributed by atoms with Gasteiger partial charge in [0.1, 0.15) is 5.82 Å². The van der Waals surface area contributed by atoms with Gasteiger partial charge in [0.2, 0.25) is 0 Å². The molecule has 150 valence electrons. The minimum Gasteiger partial charge on any atom is -0.269 e. The Balaban J connectivity index is 1.74. The molecule has 3 aromatic carbocycles. The summed E-state index contributed by atoms with van der Waals surface area (Å²) >= 11 is 13.4. The summed E-state index contributed by atoms with van der Waals surface area (Å²) in [7, 11) is 0. The van der Waals surface area contributed by atoms with E-state index < -0.39 is 17.6 Å². The van der Waals surface area contributed by atoms with Crippen molar-refractivity contribution in [3.63, 3.8) is 0 Å². The number of benzene rings is 3. The lowest BCUT2D eigenvalue weighted by atomic mass is 10.1. The third-order valence-electron chi connectivity index (χ3n) is 4.58. The summed E-state index contributed by atoms with van der Waals surface area (Å²) in [6.07, 6.45) is 0. The van der Waals surface area contributed by atoms with Crippen molar-refractivity contribution >= 4 is 52.4 Å². The minimum atomic E-state index is -0.442. The molecule has 0 aliphatic carbocycles. The molecule has 2 amide bonds. The summed E-state index contributed by atoms with van der Waals surface area (Å²) in [6, 6.07) is 19.6. The van der Waals surface area contributed by atoms with E-state index >= 15 is 0 Å². The number of thioether (sulfide) groups is 1. The lowest BCUT2D eigenvalue weighted by Gasteiger charge is -2.16. The van der Waals surface area contributed by atoms with E-state index in [9.17, 15) is 14.0 Å². The van der Waals surface area contributed by atoms with E-state index in [-0.39, 0.29) is 17.0 Å². The number of nitrogens with zero attached hydrogens (tertiary/aromatic N) is 1. The number of halogens is 3. The molecule has 0 bridgehead atoms. The Morgan fingerprint density at radius 3 is 2.17 bits per heavy atom. The van der Waals surface area contributed by atoms with E-state index in [1.54, 1.807) is 48.5 Å². The van der Waals surface area contributed by atoms with E-state index in [0.29, 0.717) is 21.2 Å². The fourth-order valence-electron chi connectivity index (χ4n) is 3.08. The summed E-state index contributed by atoms with van der Waals surface area (Å²) in [5, 5.41) is 1.04. The van der Waals surface area contributed by atoms with Crippen LogP contribution >= 0.6 is 35.0 Å². The Morgan fingerprint density at radius 1 is 0.833 bits per heavy atom. The second kappa shape index (κ2) is 8.64. The van der Waals surface area contributed by atoms with Crippen molar-refractivity contribution in [3.8, 4) is 0 Å². The number of carbonyl (C=O) groups excluding carboxylic acids is 2. The van der Waals surface area contributed by atoms with E-state index in [1.165, 1.54) is 36.0 Å². The van der Waals surface area contributed by atoms with Crippen molar-refractivity contribution in [1.29, 1.82) is 0 Å². The van der Waals surface area contributed by atoms with Crippen LogP contribution in [-0.4, -0.2) is 16.7 Å². The van der Waals surface area contributed by atoms with Crippen LogP contribution in [0.2, 0.25) is 10.0 Å². The summed E-state index contributed by atoms with van der Waals surface area (Å²) in [5.41, 5.74) is 1.39. The molecule has 1 aliphatic rings. The molecule has 0 radical (unpaired) electrons. The van der Waals surface area contributed by atoms with Gasteiger partial charge in [-0.15, -0.1) is 0 Å². The van der Waals surface area contributed by atoms with Gasteiger partial charge in [0, 0.05) is 14.9 Å². The van der Waals surface area contributed by atoms with Gasteiger partial charge in [-0.1, -0.05) is 65.3 Å². The lowest BCUT2D eigenvalue weighted by Crippen LogP contribution is -2.31. The van der Waals surface area contributed by atoms with Crippen molar-refractivity contribution in [3.05, 3.63) is 105 Å². The third kappa shape index (κ3) is 4.15. The van der Waals surface area contributed by atoms with Crippen LogP contribution in [0.3, 0.4) is 0 Å². The highest BCUT2D eigenvalue weighted by Gasteiger charge is 2.39. The average Bonchev–Trinajstić information content (AvgIpc) is 2.96. The fourth-order valence-corrected chi connectivity index (χ4v) is 4.41. The second-order valence-corrected chi connectivity index (χ2v) is 8.48. The molecule has 0 fully saturated rings. The maximum Gasteiger partial charge on any atom is 0.268 e. The van der Waals surface area contributed by atoms with Gasteiger partial charge in [-0.25, -0.2) is 4.39 Å². The SMILES string of the molecule is O=C1C(Sc2ccc(Cl)cc2)=C(c2ccc(F)cc2)C(=O)N1Cc1ccccc1Cl. The molecule has 0 aromatic heterocycles. The van der Waals surface area contributed by atoms with Crippen LogP contribution in [0.25, 0.3) is 5.57 Å². The van der Waals surface area contributed by atoms with Crippen LogP contribution < -0.4 is 0 Å². The Kier molecular flexibility index (Phi) is 5.95. The van der Waals surface area contributed by atoms with Crippen molar-refractivity contribution in [1.82, 2.24) is 4.90 Å². The first-order valence-corrected chi connectivity index (χ1v) is 10.5. The summed E-state index contributed by atoms with van der Waals surface area (Å²) < 4.78 is 13.4. The Bertz CT molecular complexity index is 1160. The highest BCUT2D eigenvalue weighted by Crippen LogP contribution is 2.40. The zero-order valence-electron chi connectivity index (χ0n) is 15.4. The van der Waals surface area contributed by atoms with Crippen LogP contribution in [0.4, 0.5) is 4.39 Å². The number of hydrogen-bond donors (Lipinski definition) is 0. The summed E-state index contributed by atoms with van der Waals surface area (Å²) in [6.45, 7) is 0.0483. The molecule has 3 aromatic rings. The quantitative estimate of drug-likeness (QED) is 0.427. The van der Waals surface area contributed by atoms with Crippen molar-refractivity contribution in [2.75, 3.05) is 0 Å². The van der Waals surface area contributed by atoms with Gasteiger partial charge in [0.15, 0.2) is 0 Å². The second-order valence-electron chi connectivity index (χ2n) is 6.55. The molecule has 30 heavy (non-hydrogen) atoms. The third-order valence-corrected chi connectivity index (χ3v) is 6.29.